The molecular weight excluding hydrogens is 286 g/mol. The molecule has 0 amide bonds. The van der Waals surface area contributed by atoms with E-state index in [2.05, 4.69) is 26.1 Å². The first-order chi connectivity index (χ1) is 8.17. The zero-order chi connectivity index (χ0) is 12.4. The predicted octanol–water partition coefficient (Wildman–Crippen LogP) is 2.44. The Morgan fingerprint density at radius 1 is 1.29 bits per heavy atom. The van der Waals surface area contributed by atoms with Crippen molar-refractivity contribution in [2.24, 2.45) is 0 Å². The van der Waals surface area contributed by atoms with Crippen molar-refractivity contribution >= 4 is 21.7 Å². The Hall–Kier alpha value is -1.69. The monoisotopic (exact) mass is 297 g/mol. The molecule has 0 radical (unpaired) electrons. The molecule has 2 rings (SSSR count). The average molecular weight is 298 g/mol. The van der Waals surface area contributed by atoms with E-state index in [-0.39, 0.29) is 0 Å². The molecule has 0 aliphatic heterocycles. The van der Waals surface area contributed by atoms with E-state index < -0.39 is 0 Å². The maximum Gasteiger partial charge on any atom is 0.160 e. The molecule has 1 aromatic heterocycles. The molecule has 0 saturated heterocycles. The lowest BCUT2D eigenvalue weighted by Gasteiger charge is -2.09. The van der Waals surface area contributed by atoms with Crippen LogP contribution in [0.3, 0.4) is 0 Å². The second kappa shape index (κ2) is 4.67. The summed E-state index contributed by atoms with van der Waals surface area (Å²) >= 11 is 3.38. The Morgan fingerprint density at radius 2 is 2.06 bits per heavy atom. The molecule has 0 unspecified atom stereocenters. The predicted molar refractivity (Wildman–Crippen MR) is 69.2 cm³/mol. The van der Waals surface area contributed by atoms with Gasteiger partial charge in [0.1, 0.15) is 11.5 Å². The Morgan fingerprint density at radius 3 is 2.59 bits per heavy atom. The van der Waals surface area contributed by atoms with Gasteiger partial charge in [-0.3, -0.25) is 5.10 Å². The summed E-state index contributed by atoms with van der Waals surface area (Å²) in [5, 5.41) is 6.79. The van der Waals surface area contributed by atoms with Gasteiger partial charge in [-0.1, -0.05) is 0 Å². The minimum atomic E-state index is 0.415. The van der Waals surface area contributed by atoms with Crippen molar-refractivity contribution in [1.82, 2.24) is 10.2 Å². The number of aromatic amines is 1. The van der Waals surface area contributed by atoms with Crippen LogP contribution in [0.4, 0.5) is 5.82 Å². The molecule has 0 spiro atoms. The number of hydrogen-bond acceptors (Lipinski definition) is 4. The molecule has 6 heteroatoms. The number of H-pyrrole nitrogens is 1. The van der Waals surface area contributed by atoms with Crippen LogP contribution in [0.1, 0.15) is 0 Å². The fourth-order valence-corrected chi connectivity index (χ4v) is 1.92. The van der Waals surface area contributed by atoms with Gasteiger partial charge in [0.25, 0.3) is 0 Å². The summed E-state index contributed by atoms with van der Waals surface area (Å²) in [4.78, 5) is 0. The van der Waals surface area contributed by atoms with Crippen molar-refractivity contribution in [2.45, 2.75) is 0 Å². The topological polar surface area (TPSA) is 73.2 Å². The van der Waals surface area contributed by atoms with Crippen LogP contribution in [-0.2, 0) is 0 Å². The highest BCUT2D eigenvalue weighted by atomic mass is 79.9. The number of nitrogens with two attached hydrogens (primary N) is 1. The van der Waals surface area contributed by atoms with Crippen LogP contribution in [0.2, 0.25) is 0 Å². The molecule has 5 nitrogen and oxygen atoms in total. The van der Waals surface area contributed by atoms with Crippen LogP contribution in [0.15, 0.2) is 22.7 Å². The number of nitrogens with one attached hydrogen (secondary N) is 1. The van der Waals surface area contributed by atoms with Crippen molar-refractivity contribution in [3.63, 3.8) is 0 Å². The number of rotatable bonds is 3. The lowest BCUT2D eigenvalue weighted by molar-refractivity contribution is 0.395. The van der Waals surface area contributed by atoms with Crippen LogP contribution in [0, 0.1) is 0 Å². The van der Waals surface area contributed by atoms with E-state index in [9.17, 15) is 0 Å². The van der Waals surface area contributed by atoms with Gasteiger partial charge in [-0.2, -0.15) is 5.10 Å². The summed E-state index contributed by atoms with van der Waals surface area (Å²) in [5.74, 6) is 1.83. The summed E-state index contributed by atoms with van der Waals surface area (Å²) in [6, 6.07) is 5.54. The number of halogens is 1. The normalized spacial score (nSPS) is 10.3. The number of anilines is 1. The zero-order valence-corrected chi connectivity index (χ0v) is 11.0. The molecule has 1 aromatic carbocycles. The van der Waals surface area contributed by atoms with Crippen molar-refractivity contribution in [3.8, 4) is 22.8 Å². The van der Waals surface area contributed by atoms with Crippen LogP contribution in [0.25, 0.3) is 11.3 Å². The third kappa shape index (κ3) is 2.08. The largest absolute Gasteiger partial charge is 0.497 e. The standard InChI is InChI=1S/C11H12BrN3O2/c1-16-6-3-4-7(8(5-6)17-2)10-9(12)11(13)15-14-10/h3-5H,1-2H3,(H3,13,14,15). The minimum absolute atomic E-state index is 0.415. The fourth-order valence-electron chi connectivity index (χ4n) is 1.53. The van der Waals surface area contributed by atoms with Crippen molar-refractivity contribution in [1.29, 1.82) is 0 Å². The Kier molecular flexibility index (Phi) is 3.23. The number of benzene rings is 1. The second-order valence-corrected chi connectivity index (χ2v) is 4.16. The number of aromatic nitrogens is 2. The SMILES string of the molecule is COc1ccc(-c2[nH]nc(N)c2Br)c(OC)c1. The Labute approximate surface area is 107 Å². The fraction of sp³-hybridized carbons (Fsp3) is 0.182. The molecule has 1 heterocycles. The van der Waals surface area contributed by atoms with E-state index in [1.165, 1.54) is 0 Å². The van der Waals surface area contributed by atoms with E-state index >= 15 is 0 Å². The summed E-state index contributed by atoms with van der Waals surface area (Å²) in [5.41, 5.74) is 7.32. The van der Waals surface area contributed by atoms with Crippen molar-refractivity contribution < 1.29 is 9.47 Å². The van der Waals surface area contributed by atoms with Crippen LogP contribution >= 0.6 is 15.9 Å². The first-order valence-corrected chi connectivity index (χ1v) is 5.68. The lowest BCUT2D eigenvalue weighted by Crippen LogP contribution is -1.91. The minimum Gasteiger partial charge on any atom is -0.497 e. The highest BCUT2D eigenvalue weighted by molar-refractivity contribution is 9.10. The molecule has 3 N–H and O–H groups in total. The molecule has 0 atom stereocenters. The maximum atomic E-state index is 5.67. The third-order valence-electron chi connectivity index (χ3n) is 2.41. The van der Waals surface area contributed by atoms with Gasteiger partial charge in [0, 0.05) is 11.6 Å². The molecule has 0 saturated carbocycles. The molecule has 0 aliphatic carbocycles. The number of ether oxygens (including phenoxy) is 2. The van der Waals surface area contributed by atoms with Gasteiger partial charge in [-0.05, 0) is 28.1 Å². The van der Waals surface area contributed by atoms with E-state index in [0.29, 0.717) is 11.6 Å². The molecule has 0 aliphatic rings. The summed E-state index contributed by atoms with van der Waals surface area (Å²) in [6.07, 6.45) is 0. The lowest BCUT2D eigenvalue weighted by atomic mass is 10.1. The number of nitrogen functional groups attached to an aromatic ring is 1. The molecule has 2 aromatic rings. The zero-order valence-electron chi connectivity index (χ0n) is 9.45. The highest BCUT2D eigenvalue weighted by Crippen LogP contribution is 2.37. The van der Waals surface area contributed by atoms with Gasteiger partial charge in [0.2, 0.25) is 0 Å². The average Bonchev–Trinajstić information content (AvgIpc) is 2.69. The molecule has 0 fully saturated rings. The summed E-state index contributed by atoms with van der Waals surface area (Å²) in [6.45, 7) is 0. The maximum absolute atomic E-state index is 5.67. The first-order valence-electron chi connectivity index (χ1n) is 4.89. The molecule has 0 bridgehead atoms. The van der Waals surface area contributed by atoms with E-state index in [1.807, 2.05) is 12.1 Å². The van der Waals surface area contributed by atoms with Gasteiger partial charge in [-0.25, -0.2) is 0 Å². The van der Waals surface area contributed by atoms with Crippen molar-refractivity contribution in [3.05, 3.63) is 22.7 Å². The summed E-state index contributed by atoms with van der Waals surface area (Å²) < 4.78 is 11.2. The van der Waals surface area contributed by atoms with Crippen LogP contribution in [0.5, 0.6) is 11.5 Å². The smallest absolute Gasteiger partial charge is 0.160 e. The Balaban J connectivity index is 2.55. The second-order valence-electron chi connectivity index (χ2n) is 3.36. The van der Waals surface area contributed by atoms with Gasteiger partial charge in [0.05, 0.1) is 24.4 Å². The van der Waals surface area contributed by atoms with Gasteiger partial charge < -0.3 is 15.2 Å². The quantitative estimate of drug-likeness (QED) is 0.913. The van der Waals surface area contributed by atoms with E-state index in [4.69, 9.17) is 15.2 Å². The van der Waals surface area contributed by atoms with Crippen LogP contribution < -0.4 is 15.2 Å². The number of methoxy groups -OCH3 is 2. The number of hydrogen-bond donors (Lipinski definition) is 2. The highest BCUT2D eigenvalue weighted by Gasteiger charge is 2.14. The molecule has 90 valence electrons. The van der Waals surface area contributed by atoms with Gasteiger partial charge in [-0.15, -0.1) is 0 Å². The summed E-state index contributed by atoms with van der Waals surface area (Å²) in [7, 11) is 3.21. The van der Waals surface area contributed by atoms with Crippen LogP contribution in [-0.4, -0.2) is 24.4 Å². The van der Waals surface area contributed by atoms with E-state index in [0.717, 1.165) is 21.5 Å². The molecular formula is C11H12BrN3O2. The van der Waals surface area contributed by atoms with Gasteiger partial charge in [0.15, 0.2) is 5.82 Å². The molecule has 17 heavy (non-hydrogen) atoms. The van der Waals surface area contributed by atoms with Gasteiger partial charge >= 0.3 is 0 Å². The Bertz CT molecular complexity index is 540. The number of nitrogens with zero attached hydrogens (tertiary/aromatic N) is 1. The first kappa shape index (κ1) is 11.8. The van der Waals surface area contributed by atoms with Crippen molar-refractivity contribution in [2.75, 3.05) is 20.0 Å². The van der Waals surface area contributed by atoms with E-state index in [1.54, 1.807) is 20.3 Å². The third-order valence-corrected chi connectivity index (χ3v) is 3.21.